The standard InChI is InChI=1S/C24H24FN7O2/c1-31(2)11-6-8-22(33)28-16-9-10-21(34-3)19(13-16)29-24-26-15-18(25)23(30-24)17-14-27-32-12-5-4-7-20(17)32/h4-10,12-15H,11H2,1-3H3,(H,28,33)(H,26,29,30)/b8-6+. The molecule has 10 heteroatoms. The Labute approximate surface area is 195 Å². The second-order valence-corrected chi connectivity index (χ2v) is 7.67. The number of amides is 1. The summed E-state index contributed by atoms with van der Waals surface area (Å²) in [4.78, 5) is 22.6. The second kappa shape index (κ2) is 10.1. The number of carbonyl (C=O) groups is 1. The van der Waals surface area contributed by atoms with Gasteiger partial charge in [-0.25, -0.2) is 18.9 Å². The summed E-state index contributed by atoms with van der Waals surface area (Å²) in [5.41, 5.74) is 2.44. The molecule has 1 aromatic carbocycles. The molecule has 0 aliphatic carbocycles. The van der Waals surface area contributed by atoms with Gasteiger partial charge in [0.2, 0.25) is 11.9 Å². The Bertz CT molecular complexity index is 1350. The van der Waals surface area contributed by atoms with Crippen molar-refractivity contribution in [1.29, 1.82) is 0 Å². The van der Waals surface area contributed by atoms with Gasteiger partial charge in [-0.15, -0.1) is 0 Å². The van der Waals surface area contributed by atoms with E-state index in [4.69, 9.17) is 4.74 Å². The molecular weight excluding hydrogens is 437 g/mol. The molecule has 174 valence electrons. The third-order valence-corrected chi connectivity index (χ3v) is 4.88. The van der Waals surface area contributed by atoms with Gasteiger partial charge in [0.15, 0.2) is 5.82 Å². The summed E-state index contributed by atoms with van der Waals surface area (Å²) in [6, 6.07) is 10.6. The number of rotatable bonds is 8. The topological polar surface area (TPSA) is 96.7 Å². The first-order valence-corrected chi connectivity index (χ1v) is 10.5. The highest BCUT2D eigenvalue weighted by atomic mass is 19.1. The average molecular weight is 462 g/mol. The maximum atomic E-state index is 14.6. The smallest absolute Gasteiger partial charge is 0.248 e. The Morgan fingerprint density at radius 1 is 1.24 bits per heavy atom. The Balaban J connectivity index is 1.60. The van der Waals surface area contributed by atoms with E-state index in [0.717, 1.165) is 11.7 Å². The fraction of sp³-hybridized carbons (Fsp3) is 0.167. The van der Waals surface area contributed by atoms with Crippen molar-refractivity contribution in [2.45, 2.75) is 0 Å². The van der Waals surface area contributed by atoms with E-state index in [-0.39, 0.29) is 17.5 Å². The maximum Gasteiger partial charge on any atom is 0.248 e. The van der Waals surface area contributed by atoms with E-state index >= 15 is 0 Å². The van der Waals surface area contributed by atoms with Gasteiger partial charge in [0.05, 0.1) is 30.7 Å². The summed E-state index contributed by atoms with van der Waals surface area (Å²) in [5.74, 6) is -0.154. The highest BCUT2D eigenvalue weighted by Crippen LogP contribution is 2.31. The van der Waals surface area contributed by atoms with Crippen molar-refractivity contribution in [2.75, 3.05) is 38.4 Å². The first kappa shape index (κ1) is 22.9. The summed E-state index contributed by atoms with van der Waals surface area (Å²) < 4.78 is 21.7. The van der Waals surface area contributed by atoms with Gasteiger partial charge in [-0.05, 0) is 44.4 Å². The number of carbonyl (C=O) groups excluding carboxylic acids is 1. The number of hydrogen-bond acceptors (Lipinski definition) is 7. The van der Waals surface area contributed by atoms with Crippen LogP contribution in [0.4, 0.5) is 21.7 Å². The molecule has 0 fully saturated rings. The lowest BCUT2D eigenvalue weighted by Crippen LogP contribution is -2.13. The molecule has 0 aliphatic rings. The van der Waals surface area contributed by atoms with Crippen LogP contribution in [-0.4, -0.2) is 58.1 Å². The quantitative estimate of drug-likeness (QED) is 0.386. The van der Waals surface area contributed by atoms with Crippen molar-refractivity contribution in [3.63, 3.8) is 0 Å². The fourth-order valence-electron chi connectivity index (χ4n) is 3.29. The van der Waals surface area contributed by atoms with Crippen LogP contribution in [0.5, 0.6) is 5.75 Å². The molecule has 0 saturated heterocycles. The molecule has 0 bridgehead atoms. The molecule has 0 atom stereocenters. The lowest BCUT2D eigenvalue weighted by atomic mass is 10.2. The van der Waals surface area contributed by atoms with E-state index in [1.165, 1.54) is 13.2 Å². The number of benzene rings is 1. The summed E-state index contributed by atoms with van der Waals surface area (Å²) in [7, 11) is 5.36. The molecule has 34 heavy (non-hydrogen) atoms. The monoisotopic (exact) mass is 461 g/mol. The Morgan fingerprint density at radius 3 is 2.88 bits per heavy atom. The summed E-state index contributed by atoms with van der Waals surface area (Å²) >= 11 is 0. The van der Waals surface area contributed by atoms with Gasteiger partial charge in [-0.2, -0.15) is 5.10 Å². The minimum absolute atomic E-state index is 0.119. The van der Waals surface area contributed by atoms with Crippen molar-refractivity contribution >= 4 is 28.7 Å². The number of likely N-dealkylation sites (N-methyl/N-ethyl adjacent to an activating group) is 1. The zero-order chi connectivity index (χ0) is 24.1. The van der Waals surface area contributed by atoms with Crippen LogP contribution in [0, 0.1) is 5.82 Å². The lowest BCUT2D eigenvalue weighted by Gasteiger charge is -2.13. The van der Waals surface area contributed by atoms with Crippen LogP contribution in [0.3, 0.4) is 0 Å². The first-order chi connectivity index (χ1) is 16.4. The molecule has 3 aromatic heterocycles. The molecule has 0 radical (unpaired) electrons. The number of halogens is 1. The van der Waals surface area contributed by atoms with Crippen molar-refractivity contribution in [2.24, 2.45) is 0 Å². The third-order valence-electron chi connectivity index (χ3n) is 4.88. The highest BCUT2D eigenvalue weighted by molar-refractivity contribution is 5.99. The average Bonchev–Trinajstić information content (AvgIpc) is 3.24. The molecule has 1 amide bonds. The molecule has 3 heterocycles. The largest absolute Gasteiger partial charge is 0.495 e. The summed E-state index contributed by atoms with van der Waals surface area (Å²) in [6.45, 7) is 0.653. The van der Waals surface area contributed by atoms with Gasteiger partial charge in [0, 0.05) is 30.1 Å². The minimum atomic E-state index is -0.568. The number of ether oxygens (including phenoxy) is 1. The van der Waals surface area contributed by atoms with Gasteiger partial charge in [-0.1, -0.05) is 12.1 Å². The third kappa shape index (κ3) is 5.18. The first-order valence-electron chi connectivity index (χ1n) is 10.5. The number of pyridine rings is 1. The molecule has 4 aromatic rings. The molecule has 0 saturated carbocycles. The minimum Gasteiger partial charge on any atom is -0.495 e. The van der Waals surface area contributed by atoms with Crippen LogP contribution >= 0.6 is 0 Å². The molecule has 0 unspecified atom stereocenters. The Morgan fingerprint density at radius 2 is 2.09 bits per heavy atom. The molecule has 4 rings (SSSR count). The molecule has 9 nitrogen and oxygen atoms in total. The summed E-state index contributed by atoms with van der Waals surface area (Å²) in [5, 5.41) is 10.1. The molecule has 2 N–H and O–H groups in total. The predicted octanol–water partition coefficient (Wildman–Crippen LogP) is 3.74. The number of fused-ring (bicyclic) bond motifs is 1. The normalized spacial score (nSPS) is 11.3. The maximum absolute atomic E-state index is 14.6. The second-order valence-electron chi connectivity index (χ2n) is 7.67. The molecular formula is C24H24FN7O2. The van der Waals surface area contributed by atoms with Gasteiger partial charge in [0.1, 0.15) is 11.4 Å². The molecule has 0 spiro atoms. The number of nitrogens with one attached hydrogen (secondary N) is 2. The fourth-order valence-corrected chi connectivity index (χ4v) is 3.29. The van der Waals surface area contributed by atoms with Gasteiger partial charge in [0.25, 0.3) is 0 Å². The van der Waals surface area contributed by atoms with Gasteiger partial charge in [-0.3, -0.25) is 4.79 Å². The van der Waals surface area contributed by atoms with E-state index in [0.29, 0.717) is 29.2 Å². The van der Waals surface area contributed by atoms with Crippen molar-refractivity contribution in [3.8, 4) is 17.0 Å². The zero-order valence-corrected chi connectivity index (χ0v) is 19.0. The van der Waals surface area contributed by atoms with E-state index in [1.54, 1.807) is 41.2 Å². The SMILES string of the molecule is COc1ccc(NC(=O)/C=C/CN(C)C)cc1Nc1ncc(F)c(-c2cnn3ccccc23)n1. The number of hydrogen-bond donors (Lipinski definition) is 2. The van der Waals surface area contributed by atoms with Crippen molar-refractivity contribution < 1.29 is 13.9 Å². The van der Waals surface area contributed by atoms with E-state index in [2.05, 4.69) is 25.7 Å². The Kier molecular flexibility index (Phi) is 6.79. The van der Waals surface area contributed by atoms with Crippen LogP contribution in [0.1, 0.15) is 0 Å². The van der Waals surface area contributed by atoms with Crippen molar-refractivity contribution in [3.05, 3.63) is 73.0 Å². The van der Waals surface area contributed by atoms with Crippen LogP contribution < -0.4 is 15.4 Å². The van der Waals surface area contributed by atoms with Crippen LogP contribution in [0.2, 0.25) is 0 Å². The predicted molar refractivity (Wildman–Crippen MR) is 129 cm³/mol. The van der Waals surface area contributed by atoms with Gasteiger partial charge < -0.3 is 20.3 Å². The van der Waals surface area contributed by atoms with Crippen molar-refractivity contribution in [1.82, 2.24) is 24.5 Å². The van der Waals surface area contributed by atoms with Gasteiger partial charge >= 0.3 is 0 Å². The number of methoxy groups -OCH3 is 1. The number of aromatic nitrogens is 4. The zero-order valence-electron chi connectivity index (χ0n) is 19.0. The number of nitrogens with zero attached hydrogens (tertiary/aromatic N) is 5. The highest BCUT2D eigenvalue weighted by Gasteiger charge is 2.15. The van der Waals surface area contributed by atoms with Crippen LogP contribution in [0.15, 0.2) is 67.1 Å². The Hall–Kier alpha value is -4.31. The van der Waals surface area contributed by atoms with Crippen LogP contribution in [0.25, 0.3) is 16.8 Å². The van der Waals surface area contributed by atoms with E-state index in [1.807, 2.05) is 37.2 Å². The molecule has 0 aliphatic heterocycles. The van der Waals surface area contributed by atoms with E-state index in [9.17, 15) is 9.18 Å². The summed E-state index contributed by atoms with van der Waals surface area (Å²) in [6.07, 6.45) is 7.68. The van der Waals surface area contributed by atoms with Crippen LogP contribution in [-0.2, 0) is 4.79 Å². The number of anilines is 3. The van der Waals surface area contributed by atoms with E-state index < -0.39 is 5.82 Å². The lowest BCUT2D eigenvalue weighted by molar-refractivity contribution is -0.111.